The molecule has 9 heteroatoms. The van der Waals surface area contributed by atoms with Crippen molar-refractivity contribution in [1.29, 1.82) is 0 Å². The third kappa shape index (κ3) is 53.8. The van der Waals surface area contributed by atoms with E-state index in [-0.39, 0.29) is 38.6 Å². The van der Waals surface area contributed by atoms with Gasteiger partial charge in [0.05, 0.1) is 34.4 Å². The number of hydrogen-bond donors (Lipinski definition) is 1. The molecular formula is C62H106NO8+. The van der Waals surface area contributed by atoms with Gasteiger partial charge in [0.25, 0.3) is 6.29 Å². The average Bonchev–Trinajstić information content (AvgIpc) is 3.34. The lowest BCUT2D eigenvalue weighted by Crippen LogP contribution is -2.40. The van der Waals surface area contributed by atoms with E-state index in [2.05, 4.69) is 111 Å². The number of unbranched alkanes of at least 4 members (excludes halogenated alkanes) is 20. The summed E-state index contributed by atoms with van der Waals surface area (Å²) in [6.07, 6.45) is 67.6. The fourth-order valence-electron chi connectivity index (χ4n) is 7.46. The summed E-state index contributed by atoms with van der Waals surface area (Å²) >= 11 is 0. The molecule has 0 aromatic carbocycles. The third-order valence-electron chi connectivity index (χ3n) is 11.8. The zero-order valence-electron chi connectivity index (χ0n) is 46.1. The van der Waals surface area contributed by atoms with E-state index in [0.29, 0.717) is 17.4 Å². The van der Waals surface area contributed by atoms with Crippen molar-refractivity contribution in [3.63, 3.8) is 0 Å². The lowest BCUT2D eigenvalue weighted by molar-refractivity contribution is -0.870. The van der Waals surface area contributed by atoms with Crippen molar-refractivity contribution in [1.82, 2.24) is 0 Å². The lowest BCUT2D eigenvalue weighted by Gasteiger charge is -2.25. The molecular weight excluding hydrogens is 887 g/mol. The molecule has 0 saturated heterocycles. The van der Waals surface area contributed by atoms with E-state index >= 15 is 0 Å². The number of nitrogens with zero attached hydrogens (tertiary/aromatic N) is 1. The molecule has 0 rings (SSSR count). The molecule has 0 aliphatic carbocycles. The monoisotopic (exact) mass is 993 g/mol. The lowest BCUT2D eigenvalue weighted by atomic mass is 10.0. The number of carboxylic acid groups (broad SMARTS) is 1. The number of likely N-dealkylation sites (N-methyl/N-ethyl adjacent to an activating group) is 1. The molecule has 1 N–H and O–H groups in total. The second-order valence-electron chi connectivity index (χ2n) is 19.9. The maximum Gasteiger partial charge on any atom is 0.361 e. The van der Waals surface area contributed by atoms with E-state index < -0.39 is 24.3 Å². The normalized spacial score (nSPS) is 13.5. The fraction of sp³-hybridized carbons (Fsp3) is 0.694. The molecule has 2 unspecified atom stereocenters. The zero-order chi connectivity index (χ0) is 52.0. The molecule has 2 atom stereocenters. The second-order valence-corrected chi connectivity index (χ2v) is 19.9. The Balaban J connectivity index is 4.35. The first kappa shape index (κ1) is 67.2. The number of quaternary nitrogens is 1. The smallest absolute Gasteiger partial charge is 0.361 e. The van der Waals surface area contributed by atoms with Gasteiger partial charge in [-0.3, -0.25) is 9.59 Å². The van der Waals surface area contributed by atoms with Crippen LogP contribution >= 0.6 is 0 Å². The van der Waals surface area contributed by atoms with Crippen LogP contribution in [-0.4, -0.2) is 87.4 Å². The van der Waals surface area contributed by atoms with Gasteiger partial charge in [-0.2, -0.15) is 0 Å². The van der Waals surface area contributed by atoms with E-state index in [1.54, 1.807) is 0 Å². The number of carboxylic acids is 1. The Hall–Kier alpha value is -3.79. The first-order valence-corrected chi connectivity index (χ1v) is 28.4. The van der Waals surface area contributed by atoms with Gasteiger partial charge in [-0.1, -0.05) is 207 Å². The summed E-state index contributed by atoms with van der Waals surface area (Å²) < 4.78 is 22.8. The number of carbonyl (C=O) groups is 3. The average molecular weight is 994 g/mol. The number of aliphatic carboxylic acids is 1. The minimum atomic E-state index is -1.52. The van der Waals surface area contributed by atoms with E-state index in [1.165, 1.54) is 96.3 Å². The van der Waals surface area contributed by atoms with Crippen LogP contribution in [0.4, 0.5) is 0 Å². The molecule has 0 bridgehead atoms. The van der Waals surface area contributed by atoms with Crippen molar-refractivity contribution >= 4 is 17.9 Å². The van der Waals surface area contributed by atoms with E-state index in [1.807, 2.05) is 21.1 Å². The van der Waals surface area contributed by atoms with Crippen molar-refractivity contribution in [2.75, 3.05) is 47.5 Å². The topological polar surface area (TPSA) is 108 Å². The number of esters is 2. The van der Waals surface area contributed by atoms with Gasteiger partial charge < -0.3 is 28.5 Å². The summed E-state index contributed by atoms with van der Waals surface area (Å²) in [5.41, 5.74) is 0. The number of carbonyl (C=O) groups excluding carboxylic acids is 2. The molecule has 406 valence electrons. The Morgan fingerprint density at radius 3 is 1.20 bits per heavy atom. The molecule has 0 heterocycles. The summed E-state index contributed by atoms with van der Waals surface area (Å²) in [5, 5.41) is 9.70. The standard InChI is InChI=1S/C62H105NO8/c1-6-8-10-12-14-16-18-20-22-24-26-28-30-32-34-36-38-40-42-44-46-48-50-52-59(64)69-56-58(57-70-62(61(66)67)68-55-54-63(3,4)5)71-60(65)53-51-49-47-45-43-41-39-37-35-33-31-29-27-25-23-21-19-17-15-13-11-9-7-2/h9,11,15,17-18,20-21,23-24,26-27,29,33,35,39,41,58,62H,6-8,10,12-14,16,19,22,25,28,30-32,34,36-38,40,42-57H2,1-5H3/p+1/b11-9-,17-15-,20-18-,23-21-,26-24-,29-27-,35-33-,41-39-. The maximum atomic E-state index is 12.9. The Bertz CT molecular complexity index is 1480. The van der Waals surface area contributed by atoms with Crippen LogP contribution in [0.2, 0.25) is 0 Å². The fourth-order valence-corrected chi connectivity index (χ4v) is 7.46. The molecule has 0 amide bonds. The molecule has 0 aliphatic heterocycles. The number of rotatable bonds is 51. The molecule has 0 aliphatic rings. The summed E-state index contributed by atoms with van der Waals surface area (Å²) in [6, 6.07) is 0. The van der Waals surface area contributed by atoms with Gasteiger partial charge in [0, 0.05) is 12.8 Å². The number of allylic oxidation sites excluding steroid dienone is 16. The quantitative estimate of drug-likeness (QED) is 0.0211. The van der Waals surface area contributed by atoms with Gasteiger partial charge in [0.1, 0.15) is 13.2 Å². The molecule has 9 nitrogen and oxygen atoms in total. The van der Waals surface area contributed by atoms with Gasteiger partial charge in [-0.25, -0.2) is 4.79 Å². The highest BCUT2D eigenvalue weighted by molar-refractivity contribution is 5.71. The summed E-state index contributed by atoms with van der Waals surface area (Å²) in [7, 11) is 5.95. The molecule has 0 fully saturated rings. The van der Waals surface area contributed by atoms with Gasteiger partial charge >= 0.3 is 17.9 Å². The van der Waals surface area contributed by atoms with Crippen LogP contribution in [-0.2, 0) is 33.3 Å². The van der Waals surface area contributed by atoms with E-state index in [9.17, 15) is 19.5 Å². The largest absolute Gasteiger partial charge is 0.477 e. The molecule has 0 aromatic rings. The minimum absolute atomic E-state index is 0.177. The minimum Gasteiger partial charge on any atom is -0.477 e. The van der Waals surface area contributed by atoms with Crippen molar-refractivity contribution in [2.24, 2.45) is 0 Å². The van der Waals surface area contributed by atoms with Gasteiger partial charge in [0.15, 0.2) is 6.10 Å². The van der Waals surface area contributed by atoms with Crippen molar-refractivity contribution in [3.8, 4) is 0 Å². The van der Waals surface area contributed by atoms with Gasteiger partial charge in [-0.05, 0) is 96.3 Å². The van der Waals surface area contributed by atoms with Crippen LogP contribution in [0.1, 0.15) is 219 Å². The van der Waals surface area contributed by atoms with Crippen LogP contribution in [0.3, 0.4) is 0 Å². The Kier molecular flexibility index (Phi) is 49.7. The van der Waals surface area contributed by atoms with Crippen molar-refractivity contribution in [3.05, 3.63) is 97.2 Å². The highest BCUT2D eigenvalue weighted by Crippen LogP contribution is 2.15. The first-order valence-electron chi connectivity index (χ1n) is 28.4. The maximum absolute atomic E-state index is 12.9. The molecule has 0 saturated carbocycles. The molecule has 0 aromatic heterocycles. The third-order valence-corrected chi connectivity index (χ3v) is 11.8. The SMILES string of the molecule is CC/C=C\C/C=C\C/C=C\C/C=C\C/C=C\C/C=C\CCCCCCC(=O)OC(COC(=O)CCCCCCCCCCCCC/C=C\C/C=C\CCCCCCC)COC(OCC[N+](C)(C)C)C(=O)O. The van der Waals surface area contributed by atoms with Crippen LogP contribution in [0.25, 0.3) is 0 Å². The Morgan fingerprint density at radius 2 is 0.803 bits per heavy atom. The van der Waals surface area contributed by atoms with E-state index in [0.717, 1.165) is 89.9 Å². The predicted molar refractivity (Wildman–Crippen MR) is 299 cm³/mol. The Labute approximate surface area is 435 Å². The molecule has 0 spiro atoms. The zero-order valence-corrected chi connectivity index (χ0v) is 46.1. The van der Waals surface area contributed by atoms with Crippen molar-refractivity contribution < 1.29 is 42.9 Å². The van der Waals surface area contributed by atoms with Crippen molar-refractivity contribution in [2.45, 2.75) is 232 Å². The van der Waals surface area contributed by atoms with E-state index in [4.69, 9.17) is 18.9 Å². The summed E-state index contributed by atoms with van der Waals surface area (Å²) in [5.74, 6) is -2.05. The van der Waals surface area contributed by atoms with Crippen LogP contribution in [0, 0.1) is 0 Å². The van der Waals surface area contributed by atoms with Gasteiger partial charge in [-0.15, -0.1) is 0 Å². The number of ether oxygens (including phenoxy) is 4. The summed E-state index contributed by atoms with van der Waals surface area (Å²) in [6.45, 7) is 4.72. The molecule has 0 radical (unpaired) electrons. The van der Waals surface area contributed by atoms with Crippen LogP contribution in [0.15, 0.2) is 97.2 Å². The predicted octanol–water partition coefficient (Wildman–Crippen LogP) is 16.6. The second kappa shape index (κ2) is 52.5. The van der Waals surface area contributed by atoms with Gasteiger partial charge in [0.2, 0.25) is 0 Å². The highest BCUT2D eigenvalue weighted by Gasteiger charge is 2.25. The number of hydrogen-bond acceptors (Lipinski definition) is 7. The van der Waals surface area contributed by atoms with Crippen LogP contribution in [0.5, 0.6) is 0 Å². The Morgan fingerprint density at radius 1 is 0.437 bits per heavy atom. The first-order chi connectivity index (χ1) is 34.6. The molecule has 71 heavy (non-hydrogen) atoms. The van der Waals surface area contributed by atoms with Crippen LogP contribution < -0.4 is 0 Å². The highest BCUT2D eigenvalue weighted by atomic mass is 16.7. The summed E-state index contributed by atoms with van der Waals surface area (Å²) in [4.78, 5) is 37.4.